The van der Waals surface area contributed by atoms with Crippen molar-refractivity contribution in [3.8, 4) is 0 Å². The third-order valence-corrected chi connectivity index (χ3v) is 5.72. The molecule has 5 rings (SSSR count). The summed E-state index contributed by atoms with van der Waals surface area (Å²) in [6, 6.07) is 21.6. The maximum atomic E-state index is 6.09. The van der Waals surface area contributed by atoms with Crippen LogP contribution in [0.4, 0.5) is 11.4 Å². The van der Waals surface area contributed by atoms with E-state index in [2.05, 4.69) is 84.9 Å². The van der Waals surface area contributed by atoms with Crippen molar-refractivity contribution in [1.82, 2.24) is 0 Å². The summed E-state index contributed by atoms with van der Waals surface area (Å²) in [5.41, 5.74) is 5.40. The van der Waals surface area contributed by atoms with Crippen molar-refractivity contribution in [2.45, 2.75) is 6.92 Å². The quantitative estimate of drug-likeness (QED) is 0.347. The summed E-state index contributed by atoms with van der Waals surface area (Å²) < 4.78 is 7.41. The molecule has 0 aliphatic heterocycles. The summed E-state index contributed by atoms with van der Waals surface area (Å²) in [4.78, 5) is 2.20. The van der Waals surface area contributed by atoms with Crippen LogP contribution < -0.4 is 4.90 Å². The number of thiophene rings is 1. The van der Waals surface area contributed by atoms with E-state index in [1.165, 1.54) is 32.1 Å². The van der Waals surface area contributed by atoms with Crippen LogP contribution in [0.5, 0.6) is 0 Å². The van der Waals surface area contributed by atoms with E-state index in [0.29, 0.717) is 0 Å². The molecule has 0 amide bonds. The molecular weight excluding hydrogens is 326 g/mol. The fourth-order valence-electron chi connectivity index (χ4n) is 3.39. The Morgan fingerprint density at radius 3 is 2.40 bits per heavy atom. The molecule has 0 spiro atoms. The molecule has 0 N–H and O–H groups in total. The van der Waals surface area contributed by atoms with Gasteiger partial charge in [0.15, 0.2) is 0 Å². The Hall–Kier alpha value is -2.78. The van der Waals surface area contributed by atoms with Crippen LogP contribution in [0.25, 0.3) is 32.0 Å². The van der Waals surface area contributed by atoms with Gasteiger partial charge in [-0.05, 0) is 65.7 Å². The van der Waals surface area contributed by atoms with E-state index in [1.807, 2.05) is 0 Å². The molecule has 0 saturated carbocycles. The Kier molecular flexibility index (Phi) is 3.12. The van der Waals surface area contributed by atoms with E-state index in [-0.39, 0.29) is 0 Å². The molecule has 0 unspecified atom stereocenters. The molecule has 0 fully saturated rings. The molecule has 122 valence electrons. The summed E-state index contributed by atoms with van der Waals surface area (Å²) >= 11 is 1.78. The van der Waals surface area contributed by atoms with Gasteiger partial charge in [-0.25, -0.2) is 0 Å². The van der Waals surface area contributed by atoms with Crippen molar-refractivity contribution in [2.75, 3.05) is 11.9 Å². The van der Waals surface area contributed by atoms with E-state index < -0.39 is 0 Å². The maximum absolute atomic E-state index is 6.09. The monoisotopic (exact) mass is 343 g/mol. The van der Waals surface area contributed by atoms with Gasteiger partial charge in [-0.15, -0.1) is 11.3 Å². The number of rotatable bonds is 2. The smallest absolute Gasteiger partial charge is 0.137 e. The third-order valence-electron chi connectivity index (χ3n) is 4.82. The average molecular weight is 343 g/mol. The van der Waals surface area contributed by atoms with Crippen molar-refractivity contribution < 1.29 is 4.42 Å². The van der Waals surface area contributed by atoms with Crippen LogP contribution in [-0.4, -0.2) is 7.05 Å². The maximum Gasteiger partial charge on any atom is 0.137 e. The van der Waals surface area contributed by atoms with Crippen molar-refractivity contribution >= 4 is 54.7 Å². The van der Waals surface area contributed by atoms with Crippen LogP contribution in [0.1, 0.15) is 5.56 Å². The molecule has 0 atom stereocenters. The molecule has 0 bridgehead atoms. The topological polar surface area (TPSA) is 16.4 Å². The van der Waals surface area contributed by atoms with Gasteiger partial charge in [0.2, 0.25) is 0 Å². The fraction of sp³-hybridized carbons (Fsp3) is 0.0909. The van der Waals surface area contributed by atoms with Crippen LogP contribution in [0.3, 0.4) is 0 Å². The number of furan rings is 1. The van der Waals surface area contributed by atoms with Gasteiger partial charge in [0.25, 0.3) is 0 Å². The lowest BCUT2D eigenvalue weighted by atomic mass is 10.1. The summed E-state index contributed by atoms with van der Waals surface area (Å²) in [6.07, 6.45) is 0. The van der Waals surface area contributed by atoms with Gasteiger partial charge in [0.1, 0.15) is 11.2 Å². The SMILES string of the molecule is Cc1ccc2c(c1)oc1cc(N(C)c3ccc4sccc4c3)ccc12. The van der Waals surface area contributed by atoms with E-state index in [1.54, 1.807) is 11.3 Å². The average Bonchev–Trinajstić information content (AvgIpc) is 3.23. The normalized spacial score (nSPS) is 11.6. The number of nitrogens with zero attached hydrogens (tertiary/aromatic N) is 1. The van der Waals surface area contributed by atoms with Crippen LogP contribution in [-0.2, 0) is 0 Å². The fourth-order valence-corrected chi connectivity index (χ4v) is 4.16. The Labute approximate surface area is 149 Å². The predicted octanol–water partition coefficient (Wildman–Crippen LogP) is 6.88. The van der Waals surface area contributed by atoms with Gasteiger partial charge in [-0.3, -0.25) is 0 Å². The molecule has 2 heterocycles. The lowest BCUT2D eigenvalue weighted by molar-refractivity contribution is 0.668. The predicted molar refractivity (Wildman–Crippen MR) is 108 cm³/mol. The first-order chi connectivity index (χ1) is 12.2. The Morgan fingerprint density at radius 1 is 0.800 bits per heavy atom. The van der Waals surface area contributed by atoms with Gasteiger partial charge < -0.3 is 9.32 Å². The molecule has 0 aliphatic carbocycles. The van der Waals surface area contributed by atoms with Gasteiger partial charge in [-0.2, -0.15) is 0 Å². The van der Waals surface area contributed by atoms with Crippen LogP contribution in [0.15, 0.2) is 70.5 Å². The van der Waals surface area contributed by atoms with Crippen LogP contribution in [0.2, 0.25) is 0 Å². The first-order valence-electron chi connectivity index (χ1n) is 8.33. The first kappa shape index (κ1) is 14.6. The largest absolute Gasteiger partial charge is 0.456 e. The molecule has 5 aromatic rings. The zero-order valence-corrected chi connectivity index (χ0v) is 14.9. The lowest BCUT2D eigenvalue weighted by Gasteiger charge is -2.19. The highest BCUT2D eigenvalue weighted by molar-refractivity contribution is 7.17. The highest BCUT2D eigenvalue weighted by atomic mass is 32.1. The highest BCUT2D eigenvalue weighted by Crippen LogP contribution is 2.34. The molecule has 3 heteroatoms. The first-order valence-corrected chi connectivity index (χ1v) is 9.21. The molecule has 0 radical (unpaired) electrons. The molecule has 2 aromatic heterocycles. The molecular formula is C22H17NOS. The zero-order valence-electron chi connectivity index (χ0n) is 14.1. The lowest BCUT2D eigenvalue weighted by Crippen LogP contribution is -2.08. The number of hydrogen-bond acceptors (Lipinski definition) is 3. The molecule has 2 nitrogen and oxygen atoms in total. The van der Waals surface area contributed by atoms with Gasteiger partial charge in [-0.1, -0.05) is 12.1 Å². The minimum Gasteiger partial charge on any atom is -0.456 e. The van der Waals surface area contributed by atoms with Gasteiger partial charge in [0.05, 0.1) is 0 Å². The van der Waals surface area contributed by atoms with Gasteiger partial charge >= 0.3 is 0 Å². The standard InChI is InChI=1S/C22H17NOS/c1-14-3-6-18-19-7-4-17(13-21(19)24-20(18)11-14)23(2)16-5-8-22-15(12-16)9-10-25-22/h3-13H,1-2H3. The van der Waals surface area contributed by atoms with Crippen molar-refractivity contribution in [3.63, 3.8) is 0 Å². The summed E-state index contributed by atoms with van der Waals surface area (Å²) in [5.74, 6) is 0. The number of anilines is 2. The van der Waals surface area contributed by atoms with Crippen molar-refractivity contribution in [3.05, 3.63) is 71.6 Å². The Bertz CT molecular complexity index is 1230. The highest BCUT2D eigenvalue weighted by Gasteiger charge is 2.11. The minimum atomic E-state index is 0.932. The third kappa shape index (κ3) is 2.31. The molecule has 3 aromatic carbocycles. The van der Waals surface area contributed by atoms with E-state index in [0.717, 1.165) is 16.9 Å². The molecule has 0 saturated heterocycles. The van der Waals surface area contributed by atoms with E-state index in [4.69, 9.17) is 4.42 Å². The summed E-state index contributed by atoms with van der Waals surface area (Å²) in [5, 5.41) is 5.77. The van der Waals surface area contributed by atoms with E-state index >= 15 is 0 Å². The summed E-state index contributed by atoms with van der Waals surface area (Å²) in [6.45, 7) is 2.09. The van der Waals surface area contributed by atoms with Crippen molar-refractivity contribution in [2.24, 2.45) is 0 Å². The number of benzene rings is 3. The second-order valence-corrected chi connectivity index (χ2v) is 7.43. The number of aryl methyl sites for hydroxylation is 1. The molecule has 0 aliphatic rings. The number of hydrogen-bond donors (Lipinski definition) is 0. The van der Waals surface area contributed by atoms with Gasteiger partial charge in [0, 0.05) is 40.0 Å². The Balaban J connectivity index is 1.62. The number of fused-ring (bicyclic) bond motifs is 4. The van der Waals surface area contributed by atoms with Crippen LogP contribution >= 0.6 is 11.3 Å². The van der Waals surface area contributed by atoms with Crippen LogP contribution in [0, 0.1) is 6.92 Å². The second-order valence-electron chi connectivity index (χ2n) is 6.48. The molecule has 25 heavy (non-hydrogen) atoms. The van der Waals surface area contributed by atoms with Crippen molar-refractivity contribution in [1.29, 1.82) is 0 Å². The summed E-state index contributed by atoms with van der Waals surface area (Å²) in [7, 11) is 2.10. The second kappa shape index (κ2) is 5.36. The Morgan fingerprint density at radius 2 is 1.52 bits per heavy atom. The van der Waals surface area contributed by atoms with E-state index in [9.17, 15) is 0 Å². The zero-order chi connectivity index (χ0) is 17.0. The minimum absolute atomic E-state index is 0.932.